The summed E-state index contributed by atoms with van der Waals surface area (Å²) in [6, 6.07) is 12.2. The van der Waals surface area contributed by atoms with Crippen molar-refractivity contribution in [3.05, 3.63) is 65.5 Å². The minimum atomic E-state index is -3.85. The molecular weight excluding hydrogens is 367 g/mol. The van der Waals surface area contributed by atoms with Gasteiger partial charge in [-0.15, -0.1) is 0 Å². The molecule has 144 valence electrons. The molecule has 27 heavy (non-hydrogen) atoms. The van der Waals surface area contributed by atoms with E-state index >= 15 is 0 Å². The Labute approximate surface area is 159 Å². The van der Waals surface area contributed by atoms with E-state index < -0.39 is 27.8 Å². The molecule has 2 aromatic rings. The molecule has 1 amide bonds. The van der Waals surface area contributed by atoms with Gasteiger partial charge in [0.05, 0.1) is 18.0 Å². The van der Waals surface area contributed by atoms with E-state index in [0.29, 0.717) is 0 Å². The number of fused-ring (bicyclic) bond motifs is 1. The van der Waals surface area contributed by atoms with Crippen LogP contribution in [0, 0.1) is 5.82 Å². The largest absolute Gasteiger partial charge is 0.347 e. The molecule has 0 saturated carbocycles. The zero-order valence-electron chi connectivity index (χ0n) is 15.4. The van der Waals surface area contributed by atoms with Gasteiger partial charge >= 0.3 is 0 Å². The lowest BCUT2D eigenvalue weighted by atomic mass is 9.87. The van der Waals surface area contributed by atoms with Crippen molar-refractivity contribution in [2.24, 2.45) is 0 Å². The Morgan fingerprint density at radius 3 is 2.56 bits per heavy atom. The van der Waals surface area contributed by atoms with Gasteiger partial charge in [0, 0.05) is 0 Å². The van der Waals surface area contributed by atoms with Crippen LogP contribution in [0.15, 0.2) is 48.5 Å². The number of aryl methyl sites for hydroxylation is 1. The number of benzene rings is 2. The van der Waals surface area contributed by atoms with E-state index in [1.807, 2.05) is 24.3 Å². The Morgan fingerprint density at radius 2 is 1.85 bits per heavy atom. The molecule has 0 radical (unpaired) electrons. The molecule has 5 nitrogen and oxygen atoms in total. The van der Waals surface area contributed by atoms with Crippen molar-refractivity contribution in [1.82, 2.24) is 5.32 Å². The van der Waals surface area contributed by atoms with Gasteiger partial charge in [-0.25, -0.2) is 12.8 Å². The molecule has 3 rings (SSSR count). The smallest absolute Gasteiger partial charge is 0.244 e. The quantitative estimate of drug-likeness (QED) is 0.853. The number of halogens is 1. The first-order valence-corrected chi connectivity index (χ1v) is 10.8. The van der Waals surface area contributed by atoms with E-state index in [4.69, 9.17) is 0 Å². The van der Waals surface area contributed by atoms with Crippen molar-refractivity contribution in [3.8, 4) is 0 Å². The second-order valence-electron chi connectivity index (χ2n) is 6.84. The maximum atomic E-state index is 14.2. The third kappa shape index (κ3) is 4.13. The summed E-state index contributed by atoms with van der Waals surface area (Å²) in [5.74, 6) is -1.14. The number of anilines is 1. The second kappa shape index (κ2) is 7.68. The third-order valence-corrected chi connectivity index (χ3v) is 6.09. The van der Waals surface area contributed by atoms with E-state index in [1.54, 1.807) is 6.07 Å². The number of hydrogen-bond donors (Lipinski definition) is 1. The van der Waals surface area contributed by atoms with Crippen molar-refractivity contribution in [3.63, 3.8) is 0 Å². The first-order valence-electron chi connectivity index (χ1n) is 8.91. The van der Waals surface area contributed by atoms with Gasteiger partial charge in [0.25, 0.3) is 0 Å². The molecule has 0 aliphatic heterocycles. The van der Waals surface area contributed by atoms with Gasteiger partial charge in [-0.3, -0.25) is 9.10 Å². The van der Waals surface area contributed by atoms with Crippen molar-refractivity contribution in [2.75, 3.05) is 10.6 Å². The number of hydrogen-bond acceptors (Lipinski definition) is 3. The van der Waals surface area contributed by atoms with Gasteiger partial charge in [0.1, 0.15) is 11.9 Å². The van der Waals surface area contributed by atoms with E-state index in [9.17, 15) is 17.6 Å². The van der Waals surface area contributed by atoms with E-state index in [1.165, 1.54) is 30.7 Å². The fourth-order valence-corrected chi connectivity index (χ4v) is 4.78. The monoisotopic (exact) mass is 390 g/mol. The molecule has 2 atom stereocenters. The number of carbonyl (C=O) groups is 1. The number of nitrogens with zero attached hydrogens (tertiary/aromatic N) is 1. The number of sulfonamides is 1. The molecule has 0 fully saturated rings. The average molecular weight is 390 g/mol. The standard InChI is InChI=1S/C20H23FN2O3S/c1-14(23(27(2,25)26)19-13-6-5-11-17(19)21)20(24)22-18-12-7-9-15-8-3-4-10-16(15)18/h3-6,8,10-11,13-14,18H,7,9,12H2,1-2H3,(H,22,24)/t14-,18-/m1/s1. The van der Waals surface area contributed by atoms with E-state index in [0.717, 1.165) is 35.4 Å². The van der Waals surface area contributed by atoms with Gasteiger partial charge in [0.2, 0.25) is 15.9 Å². The fourth-order valence-electron chi connectivity index (χ4n) is 3.61. The molecule has 0 heterocycles. The first-order chi connectivity index (χ1) is 12.8. The van der Waals surface area contributed by atoms with Crippen LogP contribution in [0.2, 0.25) is 0 Å². The van der Waals surface area contributed by atoms with Crippen molar-refractivity contribution >= 4 is 21.6 Å². The highest BCUT2D eigenvalue weighted by molar-refractivity contribution is 7.92. The van der Waals surface area contributed by atoms with Crippen LogP contribution in [0.5, 0.6) is 0 Å². The third-order valence-electron chi connectivity index (χ3n) is 4.86. The molecule has 0 spiro atoms. The van der Waals surface area contributed by atoms with Crippen LogP contribution in [0.3, 0.4) is 0 Å². The first kappa shape index (κ1) is 19.4. The molecule has 0 unspecified atom stereocenters. The molecular formula is C20H23FN2O3S. The Morgan fingerprint density at radius 1 is 1.19 bits per heavy atom. The molecule has 1 aliphatic carbocycles. The predicted molar refractivity (Wildman–Crippen MR) is 103 cm³/mol. The van der Waals surface area contributed by atoms with Gasteiger partial charge in [-0.05, 0) is 49.4 Å². The zero-order valence-corrected chi connectivity index (χ0v) is 16.2. The summed E-state index contributed by atoms with van der Waals surface area (Å²) in [6.07, 6.45) is 3.66. The van der Waals surface area contributed by atoms with Gasteiger partial charge in [-0.2, -0.15) is 0 Å². The summed E-state index contributed by atoms with van der Waals surface area (Å²) in [4.78, 5) is 12.9. The zero-order chi connectivity index (χ0) is 19.6. The number of rotatable bonds is 5. The fraction of sp³-hybridized carbons (Fsp3) is 0.350. The number of amides is 1. The van der Waals surface area contributed by atoms with Crippen LogP contribution >= 0.6 is 0 Å². The number of carbonyl (C=O) groups excluding carboxylic acids is 1. The minimum absolute atomic E-state index is 0.133. The molecule has 0 bridgehead atoms. The van der Waals surface area contributed by atoms with Crippen molar-refractivity contribution in [1.29, 1.82) is 0 Å². The Bertz CT molecular complexity index is 946. The van der Waals surface area contributed by atoms with Gasteiger partial charge in [0.15, 0.2) is 0 Å². The van der Waals surface area contributed by atoms with Crippen LogP contribution in [-0.4, -0.2) is 26.6 Å². The summed E-state index contributed by atoms with van der Waals surface area (Å²) in [5, 5.41) is 2.95. The highest BCUT2D eigenvalue weighted by Crippen LogP contribution is 2.30. The van der Waals surface area contributed by atoms with Crippen LogP contribution in [0.1, 0.15) is 36.9 Å². The number of para-hydroxylation sites is 1. The van der Waals surface area contributed by atoms with Crippen LogP contribution < -0.4 is 9.62 Å². The van der Waals surface area contributed by atoms with Crippen LogP contribution in [-0.2, 0) is 21.2 Å². The van der Waals surface area contributed by atoms with E-state index in [-0.39, 0.29) is 11.7 Å². The van der Waals surface area contributed by atoms with E-state index in [2.05, 4.69) is 5.32 Å². The summed E-state index contributed by atoms with van der Waals surface area (Å²) in [7, 11) is -3.85. The maximum Gasteiger partial charge on any atom is 0.244 e. The predicted octanol–water partition coefficient (Wildman–Crippen LogP) is 3.17. The van der Waals surface area contributed by atoms with Crippen LogP contribution in [0.25, 0.3) is 0 Å². The molecule has 0 saturated heterocycles. The summed E-state index contributed by atoms with van der Waals surface area (Å²) < 4.78 is 39.7. The summed E-state index contributed by atoms with van der Waals surface area (Å²) in [5.41, 5.74) is 2.11. The van der Waals surface area contributed by atoms with Crippen molar-refractivity contribution < 1.29 is 17.6 Å². The number of nitrogens with one attached hydrogen (secondary N) is 1. The SMILES string of the molecule is C[C@H](C(=O)N[C@@H]1CCCc2ccccc21)N(c1ccccc1F)S(C)(=O)=O. The minimum Gasteiger partial charge on any atom is -0.347 e. The lowest BCUT2D eigenvalue weighted by Crippen LogP contribution is -2.49. The summed E-state index contributed by atoms with van der Waals surface area (Å²) >= 11 is 0. The van der Waals surface area contributed by atoms with Crippen molar-refractivity contribution in [2.45, 2.75) is 38.3 Å². The molecule has 2 aromatic carbocycles. The molecule has 1 aliphatic rings. The highest BCUT2D eigenvalue weighted by atomic mass is 32.2. The van der Waals surface area contributed by atoms with Gasteiger partial charge < -0.3 is 5.32 Å². The summed E-state index contributed by atoms with van der Waals surface area (Å²) in [6.45, 7) is 1.47. The molecule has 1 N–H and O–H groups in total. The lowest BCUT2D eigenvalue weighted by molar-refractivity contribution is -0.122. The Kier molecular flexibility index (Phi) is 5.51. The normalized spacial score (nSPS) is 17.7. The van der Waals surface area contributed by atoms with Crippen LogP contribution in [0.4, 0.5) is 10.1 Å². The second-order valence-corrected chi connectivity index (χ2v) is 8.70. The highest BCUT2D eigenvalue weighted by Gasteiger charge is 2.32. The maximum absolute atomic E-state index is 14.2. The average Bonchev–Trinajstić information content (AvgIpc) is 2.62. The topological polar surface area (TPSA) is 66.5 Å². The molecule has 7 heteroatoms. The molecule has 0 aromatic heterocycles. The Hall–Kier alpha value is -2.41. The lowest BCUT2D eigenvalue weighted by Gasteiger charge is -2.31. The van der Waals surface area contributed by atoms with Gasteiger partial charge in [-0.1, -0.05) is 36.4 Å². The Balaban J connectivity index is 1.86.